The number of thioether (sulfide) groups is 1. The monoisotopic (exact) mass is 544 g/mol. The SMILES string of the molecule is CCSc1ccc(Cl)cc1Cn1cnc2c(Cl)c(CN3CC[C@@H](CN)C3)c(C(F)(F)F)cc2c1=O. The van der Waals surface area contributed by atoms with Crippen LogP contribution in [0.3, 0.4) is 0 Å². The van der Waals surface area contributed by atoms with Gasteiger partial charge in [0.1, 0.15) is 0 Å². The van der Waals surface area contributed by atoms with E-state index in [4.69, 9.17) is 28.9 Å². The van der Waals surface area contributed by atoms with Gasteiger partial charge >= 0.3 is 6.18 Å². The Bertz CT molecular complexity index is 1300. The molecule has 1 saturated heterocycles. The molecule has 0 aliphatic carbocycles. The van der Waals surface area contributed by atoms with Gasteiger partial charge in [-0.15, -0.1) is 11.8 Å². The van der Waals surface area contributed by atoms with Crippen LogP contribution >= 0.6 is 35.0 Å². The summed E-state index contributed by atoms with van der Waals surface area (Å²) in [5.41, 5.74) is 5.02. The Hall–Kier alpha value is -1.78. The van der Waals surface area contributed by atoms with Crippen LogP contribution in [0.2, 0.25) is 10.0 Å². The Morgan fingerprint density at radius 1 is 1.23 bits per heavy atom. The van der Waals surface area contributed by atoms with Crippen LogP contribution in [-0.2, 0) is 19.3 Å². The average molecular weight is 545 g/mol. The topological polar surface area (TPSA) is 64.2 Å². The molecule has 1 aliphatic heterocycles. The van der Waals surface area contributed by atoms with Crippen LogP contribution < -0.4 is 11.3 Å². The van der Waals surface area contributed by atoms with E-state index < -0.39 is 17.3 Å². The molecule has 3 aromatic rings. The van der Waals surface area contributed by atoms with Crippen LogP contribution in [0.25, 0.3) is 10.9 Å². The fourth-order valence-corrected chi connectivity index (χ4v) is 5.74. The van der Waals surface area contributed by atoms with E-state index in [1.54, 1.807) is 23.9 Å². The molecule has 0 bridgehead atoms. The second-order valence-electron chi connectivity index (χ2n) is 8.60. The summed E-state index contributed by atoms with van der Waals surface area (Å²) in [5.74, 6) is 1.06. The molecular weight excluding hydrogens is 520 g/mol. The van der Waals surface area contributed by atoms with E-state index in [9.17, 15) is 18.0 Å². The number of likely N-dealkylation sites (tertiary alicyclic amines) is 1. The summed E-state index contributed by atoms with van der Waals surface area (Å²) in [6.07, 6.45) is -2.52. The first-order chi connectivity index (χ1) is 16.6. The minimum Gasteiger partial charge on any atom is -0.330 e. The fraction of sp³-hybridized carbons (Fsp3) is 0.417. The molecule has 0 spiro atoms. The summed E-state index contributed by atoms with van der Waals surface area (Å²) < 4.78 is 43.6. The molecule has 2 heterocycles. The van der Waals surface area contributed by atoms with Crippen LogP contribution in [0, 0.1) is 5.92 Å². The number of hydrogen-bond acceptors (Lipinski definition) is 5. The minimum atomic E-state index is -4.68. The van der Waals surface area contributed by atoms with Crippen LogP contribution in [0.1, 0.15) is 30.0 Å². The summed E-state index contributed by atoms with van der Waals surface area (Å²) in [6.45, 7) is 3.88. The predicted octanol–water partition coefficient (Wildman–Crippen LogP) is 5.66. The van der Waals surface area contributed by atoms with Gasteiger partial charge in [0.2, 0.25) is 0 Å². The van der Waals surface area contributed by atoms with Crippen molar-refractivity contribution in [2.24, 2.45) is 11.7 Å². The second-order valence-corrected chi connectivity index (χ2v) is 10.7. The largest absolute Gasteiger partial charge is 0.416 e. The van der Waals surface area contributed by atoms with Crippen molar-refractivity contribution >= 4 is 45.9 Å². The summed E-state index contributed by atoms with van der Waals surface area (Å²) >= 11 is 14.2. The maximum Gasteiger partial charge on any atom is 0.416 e. The number of alkyl halides is 3. The zero-order chi connectivity index (χ0) is 25.3. The highest BCUT2D eigenvalue weighted by molar-refractivity contribution is 7.99. The van der Waals surface area contributed by atoms with Crippen LogP contribution in [0.4, 0.5) is 13.2 Å². The van der Waals surface area contributed by atoms with Crippen molar-refractivity contribution in [2.75, 3.05) is 25.4 Å². The third-order valence-corrected chi connectivity index (χ3v) is 7.85. The normalized spacial score (nSPS) is 16.9. The Balaban J connectivity index is 1.79. The van der Waals surface area contributed by atoms with E-state index >= 15 is 0 Å². The first-order valence-electron chi connectivity index (χ1n) is 11.2. The fourth-order valence-electron chi connectivity index (χ4n) is 4.45. The molecule has 188 valence electrons. The molecule has 35 heavy (non-hydrogen) atoms. The Morgan fingerprint density at radius 3 is 2.66 bits per heavy atom. The molecular formula is C24H25Cl2F3N4OS. The van der Waals surface area contributed by atoms with Gasteiger partial charge in [-0.25, -0.2) is 4.98 Å². The van der Waals surface area contributed by atoms with Gasteiger partial charge in [0, 0.05) is 23.0 Å². The highest BCUT2D eigenvalue weighted by atomic mass is 35.5. The molecule has 0 saturated carbocycles. The molecule has 0 unspecified atom stereocenters. The van der Waals surface area contributed by atoms with E-state index in [0.717, 1.165) is 28.7 Å². The van der Waals surface area contributed by atoms with Gasteiger partial charge in [0.25, 0.3) is 5.56 Å². The van der Waals surface area contributed by atoms with Crippen molar-refractivity contribution < 1.29 is 13.2 Å². The standard InChI is InChI=1S/C24H25Cl2F3N4OS/c1-2-35-20-4-3-16(25)7-15(20)11-33-13-31-22-17(23(33)34)8-19(24(27,28)29)18(21(22)26)12-32-6-5-14(9-30)10-32/h3-4,7-8,13-14H,2,5-6,9-12,30H2,1H3/t14-/m0/s1. The van der Waals surface area contributed by atoms with E-state index in [0.29, 0.717) is 24.7 Å². The van der Waals surface area contributed by atoms with Gasteiger partial charge in [0.05, 0.1) is 34.4 Å². The number of aromatic nitrogens is 2. The van der Waals surface area contributed by atoms with Crippen molar-refractivity contribution in [1.29, 1.82) is 0 Å². The van der Waals surface area contributed by atoms with Crippen molar-refractivity contribution in [3.05, 3.63) is 67.7 Å². The molecule has 4 rings (SSSR count). The number of nitrogens with two attached hydrogens (primary N) is 1. The second kappa shape index (κ2) is 10.7. The minimum absolute atomic E-state index is 0.0188. The lowest BCUT2D eigenvalue weighted by Gasteiger charge is -2.21. The molecule has 1 fully saturated rings. The number of fused-ring (bicyclic) bond motifs is 1. The Morgan fingerprint density at radius 2 is 2.00 bits per heavy atom. The van der Waals surface area contributed by atoms with Gasteiger partial charge in [-0.05, 0) is 66.6 Å². The molecule has 1 aromatic heterocycles. The van der Waals surface area contributed by atoms with Crippen LogP contribution in [0.5, 0.6) is 0 Å². The zero-order valence-electron chi connectivity index (χ0n) is 19.0. The molecule has 0 radical (unpaired) electrons. The lowest BCUT2D eigenvalue weighted by molar-refractivity contribution is -0.138. The Kier molecular flexibility index (Phi) is 8.02. The summed E-state index contributed by atoms with van der Waals surface area (Å²) in [6, 6.07) is 6.26. The summed E-state index contributed by atoms with van der Waals surface area (Å²) in [5, 5.41) is 0.204. The van der Waals surface area contributed by atoms with Crippen LogP contribution in [-0.4, -0.2) is 39.8 Å². The van der Waals surface area contributed by atoms with E-state index in [1.165, 1.54) is 10.9 Å². The third-order valence-electron chi connectivity index (χ3n) is 6.21. The summed E-state index contributed by atoms with van der Waals surface area (Å²) in [4.78, 5) is 20.4. The lowest BCUT2D eigenvalue weighted by Crippen LogP contribution is -2.26. The van der Waals surface area contributed by atoms with Crippen molar-refractivity contribution in [1.82, 2.24) is 14.5 Å². The van der Waals surface area contributed by atoms with Gasteiger partial charge in [-0.1, -0.05) is 30.1 Å². The van der Waals surface area contributed by atoms with Gasteiger partial charge < -0.3 is 5.73 Å². The number of hydrogen-bond donors (Lipinski definition) is 1. The maximum atomic E-state index is 14.1. The molecule has 1 aliphatic rings. The molecule has 2 N–H and O–H groups in total. The quantitative estimate of drug-likeness (QED) is 0.388. The van der Waals surface area contributed by atoms with E-state index in [1.807, 2.05) is 17.9 Å². The first kappa shape index (κ1) is 26.3. The maximum absolute atomic E-state index is 14.1. The Labute approximate surface area is 215 Å². The highest BCUT2D eigenvalue weighted by Gasteiger charge is 2.37. The van der Waals surface area contributed by atoms with Gasteiger partial charge in [-0.3, -0.25) is 14.3 Å². The number of halogens is 5. The molecule has 11 heteroatoms. The number of rotatable bonds is 7. The van der Waals surface area contributed by atoms with Crippen LogP contribution in [0.15, 0.2) is 40.3 Å². The molecule has 5 nitrogen and oxygen atoms in total. The van der Waals surface area contributed by atoms with Crippen molar-refractivity contribution in [2.45, 2.75) is 37.5 Å². The zero-order valence-corrected chi connectivity index (χ0v) is 21.4. The van der Waals surface area contributed by atoms with Gasteiger partial charge in [-0.2, -0.15) is 13.2 Å². The third kappa shape index (κ3) is 5.64. The lowest BCUT2D eigenvalue weighted by atomic mass is 10.0. The van der Waals surface area contributed by atoms with E-state index in [-0.39, 0.29) is 40.5 Å². The number of nitrogens with zero attached hydrogens (tertiary/aromatic N) is 3. The smallest absolute Gasteiger partial charge is 0.330 e. The van der Waals surface area contributed by atoms with Gasteiger partial charge in [0.15, 0.2) is 0 Å². The average Bonchev–Trinajstić information content (AvgIpc) is 3.26. The molecule has 0 amide bonds. The molecule has 2 aromatic carbocycles. The first-order valence-corrected chi connectivity index (χ1v) is 13.0. The number of benzene rings is 2. The molecule has 1 atom stereocenters. The predicted molar refractivity (Wildman–Crippen MR) is 135 cm³/mol. The van der Waals surface area contributed by atoms with E-state index in [2.05, 4.69) is 4.98 Å². The highest BCUT2D eigenvalue weighted by Crippen LogP contribution is 2.39. The van der Waals surface area contributed by atoms with Crippen molar-refractivity contribution in [3.8, 4) is 0 Å². The van der Waals surface area contributed by atoms with Crippen molar-refractivity contribution in [3.63, 3.8) is 0 Å². The summed E-state index contributed by atoms with van der Waals surface area (Å²) in [7, 11) is 0.